The van der Waals surface area contributed by atoms with Gasteiger partial charge in [-0.25, -0.2) is 4.79 Å². The van der Waals surface area contributed by atoms with E-state index in [1.165, 1.54) is 0 Å². The summed E-state index contributed by atoms with van der Waals surface area (Å²) in [7, 11) is 0. The van der Waals surface area contributed by atoms with Gasteiger partial charge < -0.3 is 15.3 Å². The minimum atomic E-state index is -0.839. The molecule has 0 aromatic carbocycles. The molecule has 7 heteroatoms. The second-order valence-corrected chi connectivity index (χ2v) is 4.84. The predicted molar refractivity (Wildman–Crippen MR) is 73.6 cm³/mol. The topological polar surface area (TPSA) is 85.8 Å². The van der Waals surface area contributed by atoms with Gasteiger partial charge in [0.2, 0.25) is 0 Å². The SMILES string of the molecule is Cc1cncc(NC(=O)N2CCN(CC(=O)O)CC2)c1. The molecule has 2 rings (SSSR count). The zero-order chi connectivity index (χ0) is 14.5. The number of hydrogen-bond donors (Lipinski definition) is 2. The average Bonchev–Trinajstić information content (AvgIpc) is 2.38. The zero-order valence-corrected chi connectivity index (χ0v) is 11.4. The monoisotopic (exact) mass is 278 g/mol. The first-order chi connectivity index (χ1) is 9.54. The van der Waals surface area contributed by atoms with Crippen LogP contribution in [-0.2, 0) is 4.79 Å². The summed E-state index contributed by atoms with van der Waals surface area (Å²) in [5.74, 6) is -0.839. The van der Waals surface area contributed by atoms with Crippen molar-refractivity contribution in [3.63, 3.8) is 0 Å². The van der Waals surface area contributed by atoms with E-state index in [4.69, 9.17) is 5.11 Å². The molecule has 1 aromatic rings. The number of aromatic nitrogens is 1. The third-order valence-electron chi connectivity index (χ3n) is 3.14. The Kier molecular flexibility index (Phi) is 4.52. The van der Waals surface area contributed by atoms with E-state index in [0.717, 1.165) is 5.56 Å². The lowest BCUT2D eigenvalue weighted by atomic mass is 10.3. The molecule has 0 unspecified atom stereocenters. The molecule has 0 spiro atoms. The first kappa shape index (κ1) is 14.3. The molecule has 1 aromatic heterocycles. The van der Waals surface area contributed by atoms with Crippen LogP contribution in [0.25, 0.3) is 0 Å². The molecule has 1 fully saturated rings. The highest BCUT2D eigenvalue weighted by molar-refractivity contribution is 5.89. The Morgan fingerprint density at radius 1 is 1.30 bits per heavy atom. The Hall–Kier alpha value is -2.15. The minimum Gasteiger partial charge on any atom is -0.480 e. The van der Waals surface area contributed by atoms with Crippen LogP contribution in [0.2, 0.25) is 0 Å². The summed E-state index contributed by atoms with van der Waals surface area (Å²) in [6.45, 7) is 4.14. The van der Waals surface area contributed by atoms with Crippen LogP contribution in [0.5, 0.6) is 0 Å². The molecule has 0 atom stereocenters. The van der Waals surface area contributed by atoms with Crippen LogP contribution >= 0.6 is 0 Å². The number of aliphatic carboxylic acids is 1. The van der Waals surface area contributed by atoms with Crippen molar-refractivity contribution < 1.29 is 14.7 Å². The summed E-state index contributed by atoms with van der Waals surface area (Å²) in [6.07, 6.45) is 3.33. The van der Waals surface area contributed by atoms with E-state index in [0.29, 0.717) is 31.9 Å². The lowest BCUT2D eigenvalue weighted by Gasteiger charge is -2.33. The molecule has 7 nitrogen and oxygen atoms in total. The number of carbonyl (C=O) groups excluding carboxylic acids is 1. The van der Waals surface area contributed by atoms with Crippen LogP contribution in [0, 0.1) is 6.92 Å². The number of carboxylic acid groups (broad SMARTS) is 1. The molecule has 0 radical (unpaired) electrons. The summed E-state index contributed by atoms with van der Waals surface area (Å²) >= 11 is 0. The maximum Gasteiger partial charge on any atom is 0.321 e. The second-order valence-electron chi connectivity index (χ2n) is 4.84. The summed E-state index contributed by atoms with van der Waals surface area (Å²) < 4.78 is 0. The lowest BCUT2D eigenvalue weighted by Crippen LogP contribution is -2.51. The third kappa shape index (κ3) is 3.92. The van der Waals surface area contributed by atoms with Crippen LogP contribution in [0.4, 0.5) is 10.5 Å². The molecule has 108 valence electrons. The molecule has 2 amide bonds. The number of hydrogen-bond acceptors (Lipinski definition) is 4. The van der Waals surface area contributed by atoms with Crippen molar-refractivity contribution >= 4 is 17.7 Å². The van der Waals surface area contributed by atoms with Crippen LogP contribution in [0.15, 0.2) is 18.5 Å². The molecule has 1 aliphatic heterocycles. The molecule has 2 heterocycles. The fourth-order valence-electron chi connectivity index (χ4n) is 2.13. The Bertz CT molecular complexity index is 498. The number of carbonyl (C=O) groups is 2. The van der Waals surface area contributed by atoms with E-state index in [1.54, 1.807) is 17.3 Å². The summed E-state index contributed by atoms with van der Waals surface area (Å²) in [4.78, 5) is 30.2. The van der Waals surface area contributed by atoms with Gasteiger partial charge in [-0.3, -0.25) is 14.7 Å². The number of aryl methyl sites for hydroxylation is 1. The summed E-state index contributed by atoms with van der Waals surface area (Å²) in [5.41, 5.74) is 1.65. The molecule has 20 heavy (non-hydrogen) atoms. The molecule has 2 N–H and O–H groups in total. The van der Waals surface area contributed by atoms with Gasteiger partial charge in [0.05, 0.1) is 18.4 Å². The number of carboxylic acids is 1. The fourth-order valence-corrected chi connectivity index (χ4v) is 2.13. The maximum absolute atomic E-state index is 12.1. The van der Waals surface area contributed by atoms with Gasteiger partial charge in [0.25, 0.3) is 0 Å². The van der Waals surface area contributed by atoms with Crippen molar-refractivity contribution in [1.82, 2.24) is 14.8 Å². The van der Waals surface area contributed by atoms with E-state index >= 15 is 0 Å². The smallest absolute Gasteiger partial charge is 0.321 e. The predicted octanol–water partition coefficient (Wildman–Crippen LogP) is 0.624. The highest BCUT2D eigenvalue weighted by Crippen LogP contribution is 2.09. The highest BCUT2D eigenvalue weighted by atomic mass is 16.4. The minimum absolute atomic E-state index is 0.0251. The lowest BCUT2D eigenvalue weighted by molar-refractivity contribution is -0.138. The van der Waals surface area contributed by atoms with Crippen molar-refractivity contribution in [3.8, 4) is 0 Å². The van der Waals surface area contributed by atoms with Crippen LogP contribution < -0.4 is 5.32 Å². The third-order valence-corrected chi connectivity index (χ3v) is 3.14. The van der Waals surface area contributed by atoms with Gasteiger partial charge in [-0.05, 0) is 18.6 Å². The number of anilines is 1. The van der Waals surface area contributed by atoms with Gasteiger partial charge in [-0.2, -0.15) is 0 Å². The number of pyridine rings is 1. The number of nitrogens with zero attached hydrogens (tertiary/aromatic N) is 3. The molecule has 0 aliphatic carbocycles. The second kappa shape index (κ2) is 6.33. The van der Waals surface area contributed by atoms with Gasteiger partial charge in [-0.1, -0.05) is 0 Å². The summed E-state index contributed by atoms with van der Waals surface area (Å²) in [5, 5.41) is 11.5. The summed E-state index contributed by atoms with van der Waals surface area (Å²) in [6, 6.07) is 1.68. The largest absolute Gasteiger partial charge is 0.480 e. The number of rotatable bonds is 3. The zero-order valence-electron chi connectivity index (χ0n) is 11.4. The molecule has 0 saturated carbocycles. The molecule has 1 saturated heterocycles. The van der Waals surface area contributed by atoms with Crippen molar-refractivity contribution in [2.75, 3.05) is 38.0 Å². The Morgan fingerprint density at radius 3 is 2.60 bits per heavy atom. The standard InChI is InChI=1S/C13H18N4O3/c1-10-6-11(8-14-7-10)15-13(20)17-4-2-16(3-5-17)9-12(18)19/h6-8H,2-5,9H2,1H3,(H,15,20)(H,18,19). The molecular formula is C13H18N4O3. The number of amides is 2. The van der Waals surface area contributed by atoms with Crippen molar-refractivity contribution in [2.45, 2.75) is 6.92 Å². The molecule has 1 aliphatic rings. The first-order valence-electron chi connectivity index (χ1n) is 6.46. The van der Waals surface area contributed by atoms with Crippen LogP contribution in [-0.4, -0.2) is 64.6 Å². The fraction of sp³-hybridized carbons (Fsp3) is 0.462. The van der Waals surface area contributed by atoms with Gasteiger partial charge in [0.1, 0.15) is 0 Å². The van der Waals surface area contributed by atoms with Gasteiger partial charge in [0.15, 0.2) is 0 Å². The van der Waals surface area contributed by atoms with Crippen LogP contribution in [0.1, 0.15) is 5.56 Å². The molecule has 0 bridgehead atoms. The van der Waals surface area contributed by atoms with Crippen molar-refractivity contribution in [1.29, 1.82) is 0 Å². The normalized spacial score (nSPS) is 15.9. The average molecular weight is 278 g/mol. The number of piperazine rings is 1. The Labute approximate surface area is 117 Å². The number of urea groups is 1. The van der Waals surface area contributed by atoms with E-state index in [2.05, 4.69) is 10.3 Å². The van der Waals surface area contributed by atoms with E-state index in [1.807, 2.05) is 17.9 Å². The number of nitrogens with one attached hydrogen (secondary N) is 1. The van der Waals surface area contributed by atoms with Gasteiger partial charge >= 0.3 is 12.0 Å². The maximum atomic E-state index is 12.1. The van der Waals surface area contributed by atoms with E-state index in [-0.39, 0.29) is 12.6 Å². The van der Waals surface area contributed by atoms with Crippen LogP contribution in [0.3, 0.4) is 0 Å². The van der Waals surface area contributed by atoms with E-state index < -0.39 is 5.97 Å². The van der Waals surface area contributed by atoms with E-state index in [9.17, 15) is 9.59 Å². The van der Waals surface area contributed by atoms with Gasteiger partial charge in [-0.15, -0.1) is 0 Å². The highest BCUT2D eigenvalue weighted by Gasteiger charge is 2.22. The first-order valence-corrected chi connectivity index (χ1v) is 6.46. The van der Waals surface area contributed by atoms with Crippen molar-refractivity contribution in [3.05, 3.63) is 24.0 Å². The van der Waals surface area contributed by atoms with Gasteiger partial charge in [0, 0.05) is 32.4 Å². The quantitative estimate of drug-likeness (QED) is 0.846. The Morgan fingerprint density at radius 2 is 2.00 bits per heavy atom. The Balaban J connectivity index is 1.84. The van der Waals surface area contributed by atoms with Crippen molar-refractivity contribution in [2.24, 2.45) is 0 Å². The molecular weight excluding hydrogens is 260 g/mol.